The number of hydrogen-bond acceptors (Lipinski definition) is 4. The van der Waals surface area contributed by atoms with Gasteiger partial charge in [0.25, 0.3) is 11.6 Å². The number of amides is 1. The molecule has 19 heavy (non-hydrogen) atoms. The van der Waals surface area contributed by atoms with Gasteiger partial charge in [-0.1, -0.05) is 6.07 Å². The van der Waals surface area contributed by atoms with Crippen molar-refractivity contribution in [2.45, 2.75) is 26.2 Å². The average molecular weight is 261 g/mol. The second-order valence-corrected chi connectivity index (χ2v) is 4.13. The first kappa shape index (κ1) is 14.6. The highest BCUT2D eigenvalue weighted by molar-refractivity contribution is 5.94. The number of aryl methyl sites for hydroxylation is 1. The quantitative estimate of drug-likeness (QED) is 0.483. The van der Waals surface area contributed by atoms with Gasteiger partial charge in [0.05, 0.1) is 11.0 Å². The van der Waals surface area contributed by atoms with Gasteiger partial charge in [-0.2, -0.15) is 5.26 Å². The normalized spacial score (nSPS) is 9.68. The summed E-state index contributed by atoms with van der Waals surface area (Å²) in [5.74, 6) is -0.333. The van der Waals surface area contributed by atoms with E-state index in [1.54, 1.807) is 19.1 Å². The third-order valence-electron chi connectivity index (χ3n) is 2.67. The largest absolute Gasteiger partial charge is 0.352 e. The fourth-order valence-corrected chi connectivity index (χ4v) is 1.58. The molecule has 0 atom stereocenters. The van der Waals surface area contributed by atoms with Crippen molar-refractivity contribution >= 4 is 11.6 Å². The Bertz CT molecular complexity index is 520. The Balaban J connectivity index is 2.60. The predicted octanol–water partition coefficient (Wildman–Crippen LogP) is 2.33. The Morgan fingerprint density at radius 2 is 2.21 bits per heavy atom. The van der Waals surface area contributed by atoms with Crippen LogP contribution in [-0.2, 0) is 0 Å². The van der Waals surface area contributed by atoms with Crippen LogP contribution in [0.25, 0.3) is 0 Å². The van der Waals surface area contributed by atoms with Crippen LogP contribution in [-0.4, -0.2) is 17.4 Å². The van der Waals surface area contributed by atoms with E-state index in [1.165, 1.54) is 6.07 Å². The van der Waals surface area contributed by atoms with Gasteiger partial charge < -0.3 is 5.32 Å². The molecule has 0 aliphatic rings. The Morgan fingerprint density at radius 1 is 1.47 bits per heavy atom. The molecule has 0 saturated heterocycles. The molecule has 1 N–H and O–H groups in total. The molecular formula is C13H15N3O3. The maximum Gasteiger partial charge on any atom is 0.273 e. The molecule has 1 aromatic carbocycles. The highest BCUT2D eigenvalue weighted by atomic mass is 16.6. The molecule has 0 unspecified atom stereocenters. The lowest BCUT2D eigenvalue weighted by Crippen LogP contribution is -2.24. The Hall–Kier alpha value is -2.42. The van der Waals surface area contributed by atoms with E-state index in [4.69, 9.17) is 5.26 Å². The highest BCUT2D eigenvalue weighted by Crippen LogP contribution is 2.19. The second kappa shape index (κ2) is 7.11. The average Bonchev–Trinajstić information content (AvgIpc) is 2.38. The predicted molar refractivity (Wildman–Crippen MR) is 69.6 cm³/mol. The van der Waals surface area contributed by atoms with Crippen LogP contribution in [0.1, 0.15) is 35.2 Å². The highest BCUT2D eigenvalue weighted by Gasteiger charge is 2.14. The van der Waals surface area contributed by atoms with E-state index in [2.05, 4.69) is 5.32 Å². The first-order valence-corrected chi connectivity index (χ1v) is 5.96. The number of nitrogens with zero attached hydrogens (tertiary/aromatic N) is 2. The van der Waals surface area contributed by atoms with Crippen molar-refractivity contribution < 1.29 is 9.72 Å². The molecule has 6 nitrogen and oxygen atoms in total. The van der Waals surface area contributed by atoms with Crippen molar-refractivity contribution in [3.63, 3.8) is 0 Å². The molecule has 0 aliphatic carbocycles. The SMILES string of the molecule is Cc1ccc(C(=O)NCCCCC#N)cc1[N+](=O)[O-]. The van der Waals surface area contributed by atoms with Crippen molar-refractivity contribution in [2.24, 2.45) is 0 Å². The van der Waals surface area contributed by atoms with E-state index in [0.29, 0.717) is 24.9 Å². The van der Waals surface area contributed by atoms with Gasteiger partial charge >= 0.3 is 0 Å². The molecule has 0 spiro atoms. The summed E-state index contributed by atoms with van der Waals surface area (Å²) in [4.78, 5) is 22.0. The number of rotatable bonds is 6. The van der Waals surface area contributed by atoms with Crippen LogP contribution < -0.4 is 5.32 Å². The molecule has 0 radical (unpaired) electrons. The number of carbonyl (C=O) groups is 1. The lowest BCUT2D eigenvalue weighted by atomic mass is 10.1. The van der Waals surface area contributed by atoms with Crippen molar-refractivity contribution in [2.75, 3.05) is 6.54 Å². The number of carbonyl (C=O) groups excluding carboxylic acids is 1. The number of nitrogens with one attached hydrogen (secondary N) is 1. The number of benzene rings is 1. The number of unbranched alkanes of at least 4 members (excludes halogenated alkanes) is 2. The summed E-state index contributed by atoms with van der Waals surface area (Å²) in [6.45, 7) is 2.09. The molecule has 1 amide bonds. The van der Waals surface area contributed by atoms with E-state index < -0.39 is 4.92 Å². The number of nitro benzene ring substituents is 1. The fraction of sp³-hybridized carbons (Fsp3) is 0.385. The summed E-state index contributed by atoms with van der Waals surface area (Å²) in [6, 6.07) is 6.42. The topological polar surface area (TPSA) is 96.0 Å². The molecule has 0 aliphatic heterocycles. The molecule has 0 aromatic heterocycles. The van der Waals surface area contributed by atoms with E-state index in [0.717, 1.165) is 6.42 Å². The lowest BCUT2D eigenvalue weighted by Gasteiger charge is -2.05. The van der Waals surface area contributed by atoms with Crippen molar-refractivity contribution in [1.82, 2.24) is 5.32 Å². The van der Waals surface area contributed by atoms with Gasteiger partial charge in [0.1, 0.15) is 0 Å². The first-order valence-electron chi connectivity index (χ1n) is 5.96. The molecule has 0 saturated carbocycles. The Labute approximate surface area is 111 Å². The summed E-state index contributed by atoms with van der Waals surface area (Å²) in [7, 11) is 0. The first-order chi connectivity index (χ1) is 9.06. The van der Waals surface area contributed by atoms with Crippen molar-refractivity contribution in [1.29, 1.82) is 5.26 Å². The van der Waals surface area contributed by atoms with Gasteiger partial charge in [-0.25, -0.2) is 0 Å². The number of hydrogen-bond donors (Lipinski definition) is 1. The van der Waals surface area contributed by atoms with Gasteiger partial charge in [-0.05, 0) is 25.8 Å². The number of nitro groups is 1. The smallest absolute Gasteiger partial charge is 0.273 e. The van der Waals surface area contributed by atoms with E-state index in [-0.39, 0.29) is 17.2 Å². The fourth-order valence-electron chi connectivity index (χ4n) is 1.58. The zero-order valence-electron chi connectivity index (χ0n) is 10.7. The van der Waals surface area contributed by atoms with E-state index in [9.17, 15) is 14.9 Å². The Kier molecular flexibility index (Phi) is 5.48. The minimum absolute atomic E-state index is 0.0582. The molecule has 1 rings (SSSR count). The van der Waals surface area contributed by atoms with Gasteiger partial charge in [0.2, 0.25) is 0 Å². The summed E-state index contributed by atoms with van der Waals surface area (Å²) in [5.41, 5.74) is 0.741. The third-order valence-corrected chi connectivity index (χ3v) is 2.67. The van der Waals surface area contributed by atoms with Crippen LogP contribution in [0.2, 0.25) is 0 Å². The van der Waals surface area contributed by atoms with E-state index >= 15 is 0 Å². The minimum atomic E-state index is -0.501. The second-order valence-electron chi connectivity index (χ2n) is 4.13. The van der Waals surface area contributed by atoms with Gasteiger partial charge in [0, 0.05) is 30.2 Å². The monoisotopic (exact) mass is 261 g/mol. The van der Waals surface area contributed by atoms with E-state index in [1.807, 2.05) is 6.07 Å². The van der Waals surface area contributed by atoms with Gasteiger partial charge in [-0.3, -0.25) is 14.9 Å². The van der Waals surface area contributed by atoms with Crippen LogP contribution in [0.5, 0.6) is 0 Å². The molecule has 100 valence electrons. The molecule has 6 heteroatoms. The summed E-state index contributed by atoms with van der Waals surface area (Å²) < 4.78 is 0. The maximum absolute atomic E-state index is 11.8. The molecule has 1 aromatic rings. The standard InChI is InChI=1S/C13H15N3O3/c1-10-5-6-11(9-12(10)16(18)19)13(17)15-8-4-2-3-7-14/h5-6,9H,2-4,8H2,1H3,(H,15,17). The van der Waals surface area contributed by atoms with Crippen LogP contribution >= 0.6 is 0 Å². The molecule has 0 bridgehead atoms. The van der Waals surface area contributed by atoms with Crippen molar-refractivity contribution in [3.05, 3.63) is 39.4 Å². The van der Waals surface area contributed by atoms with Gasteiger partial charge in [0.15, 0.2) is 0 Å². The zero-order chi connectivity index (χ0) is 14.3. The minimum Gasteiger partial charge on any atom is -0.352 e. The Morgan fingerprint density at radius 3 is 2.84 bits per heavy atom. The van der Waals surface area contributed by atoms with Crippen LogP contribution in [0, 0.1) is 28.4 Å². The third kappa shape index (κ3) is 4.39. The maximum atomic E-state index is 11.8. The summed E-state index contributed by atoms with van der Waals surface area (Å²) >= 11 is 0. The number of nitriles is 1. The zero-order valence-corrected chi connectivity index (χ0v) is 10.7. The lowest BCUT2D eigenvalue weighted by molar-refractivity contribution is -0.385. The molecule has 0 fully saturated rings. The molecule has 0 heterocycles. The van der Waals surface area contributed by atoms with Crippen LogP contribution in [0.4, 0.5) is 5.69 Å². The van der Waals surface area contributed by atoms with Crippen LogP contribution in [0.15, 0.2) is 18.2 Å². The van der Waals surface area contributed by atoms with Crippen molar-refractivity contribution in [3.8, 4) is 6.07 Å². The molecular weight excluding hydrogens is 246 g/mol. The van der Waals surface area contributed by atoms with Crippen LogP contribution in [0.3, 0.4) is 0 Å². The summed E-state index contributed by atoms with van der Waals surface area (Å²) in [6.07, 6.45) is 1.91. The van der Waals surface area contributed by atoms with Gasteiger partial charge in [-0.15, -0.1) is 0 Å². The summed E-state index contributed by atoms with van der Waals surface area (Å²) in [5, 5.41) is 21.8.